The van der Waals surface area contributed by atoms with Crippen molar-refractivity contribution in [1.29, 1.82) is 0 Å². The molecule has 0 radical (unpaired) electrons. The van der Waals surface area contributed by atoms with Crippen molar-refractivity contribution in [1.82, 2.24) is 4.98 Å². The topological polar surface area (TPSA) is 16.1 Å². The number of fused-ring (bicyclic) bond motifs is 1. The van der Waals surface area contributed by atoms with Gasteiger partial charge in [-0.15, -0.1) is 0 Å². The Bertz CT molecular complexity index is 559. The fourth-order valence-corrected chi connectivity index (χ4v) is 2.99. The van der Waals surface area contributed by atoms with Gasteiger partial charge in [0.1, 0.15) is 0 Å². The molecule has 0 atom stereocenters. The number of halogens is 1. The van der Waals surface area contributed by atoms with Crippen molar-refractivity contribution in [2.75, 3.05) is 18.0 Å². The second-order valence-electron chi connectivity index (χ2n) is 5.16. The Labute approximate surface area is 116 Å². The van der Waals surface area contributed by atoms with Gasteiger partial charge in [-0.2, -0.15) is 0 Å². The van der Waals surface area contributed by atoms with Crippen molar-refractivity contribution in [3.05, 3.63) is 34.9 Å². The molecule has 1 fully saturated rings. The summed E-state index contributed by atoms with van der Waals surface area (Å²) in [5.74, 6) is 0.862. The van der Waals surface area contributed by atoms with Gasteiger partial charge in [-0.3, -0.25) is 4.98 Å². The van der Waals surface area contributed by atoms with Crippen molar-refractivity contribution in [3.8, 4) is 0 Å². The lowest BCUT2D eigenvalue weighted by atomic mass is 9.98. The molecule has 0 unspecified atom stereocenters. The van der Waals surface area contributed by atoms with Gasteiger partial charge in [0.2, 0.25) is 0 Å². The third-order valence-electron chi connectivity index (χ3n) is 3.80. The summed E-state index contributed by atoms with van der Waals surface area (Å²) in [7, 11) is 0. The van der Waals surface area contributed by atoms with Crippen LogP contribution in [-0.4, -0.2) is 18.1 Å². The summed E-state index contributed by atoms with van der Waals surface area (Å²) in [6, 6.07) is 8.45. The lowest BCUT2D eigenvalue weighted by Crippen LogP contribution is -2.32. The molecule has 0 bridgehead atoms. The van der Waals surface area contributed by atoms with Crippen molar-refractivity contribution in [2.24, 2.45) is 5.92 Å². The third kappa shape index (κ3) is 2.24. The van der Waals surface area contributed by atoms with E-state index in [1.165, 1.54) is 23.9 Å². The summed E-state index contributed by atoms with van der Waals surface area (Å²) < 4.78 is 1.12. The largest absolute Gasteiger partial charge is 0.371 e. The zero-order valence-corrected chi connectivity index (χ0v) is 12.2. The van der Waals surface area contributed by atoms with Gasteiger partial charge in [-0.05, 0) is 43.0 Å². The summed E-state index contributed by atoms with van der Waals surface area (Å²) in [5, 5.41) is 1.25. The molecule has 2 nitrogen and oxygen atoms in total. The number of hydrogen-bond acceptors (Lipinski definition) is 2. The van der Waals surface area contributed by atoms with Gasteiger partial charge >= 0.3 is 0 Å². The average molecular weight is 305 g/mol. The molecular weight excluding hydrogens is 288 g/mol. The summed E-state index contributed by atoms with van der Waals surface area (Å²) >= 11 is 3.55. The van der Waals surface area contributed by atoms with Crippen LogP contribution in [0.15, 0.2) is 34.9 Å². The number of pyridine rings is 1. The predicted molar refractivity (Wildman–Crippen MR) is 80.1 cm³/mol. The fraction of sp³-hybridized carbons (Fsp3) is 0.400. The predicted octanol–water partition coefficient (Wildman–Crippen LogP) is 4.23. The van der Waals surface area contributed by atoms with Crippen LogP contribution in [0.3, 0.4) is 0 Å². The van der Waals surface area contributed by atoms with Crippen LogP contribution in [0.1, 0.15) is 19.8 Å². The highest BCUT2D eigenvalue weighted by Gasteiger charge is 2.17. The monoisotopic (exact) mass is 304 g/mol. The molecule has 3 rings (SSSR count). The second-order valence-corrected chi connectivity index (χ2v) is 6.08. The number of hydrogen-bond donors (Lipinski definition) is 0. The van der Waals surface area contributed by atoms with Gasteiger partial charge in [0.05, 0.1) is 5.52 Å². The van der Waals surface area contributed by atoms with Gasteiger partial charge in [-0.25, -0.2) is 0 Å². The van der Waals surface area contributed by atoms with E-state index in [0.717, 1.165) is 29.0 Å². The molecule has 18 heavy (non-hydrogen) atoms. The first-order valence-electron chi connectivity index (χ1n) is 6.53. The van der Waals surface area contributed by atoms with Gasteiger partial charge in [-0.1, -0.05) is 22.9 Å². The number of aromatic nitrogens is 1. The maximum absolute atomic E-state index is 4.45. The summed E-state index contributed by atoms with van der Waals surface area (Å²) in [6.07, 6.45) is 4.50. The van der Waals surface area contributed by atoms with Crippen molar-refractivity contribution < 1.29 is 0 Å². The summed E-state index contributed by atoms with van der Waals surface area (Å²) in [6.45, 7) is 4.66. The van der Waals surface area contributed by atoms with Crippen LogP contribution in [0, 0.1) is 5.92 Å². The summed E-state index contributed by atoms with van der Waals surface area (Å²) in [5.41, 5.74) is 2.41. The standard InChI is InChI=1S/C15H17BrN2/c1-11-5-8-18(9-6-11)15-4-7-17-14-3-2-12(16)10-13(14)15/h2-4,7,10-11H,5-6,8-9H2,1H3. The van der Waals surface area contributed by atoms with E-state index >= 15 is 0 Å². The van der Waals surface area contributed by atoms with Crippen molar-refractivity contribution in [2.45, 2.75) is 19.8 Å². The number of anilines is 1. The molecule has 0 amide bonds. The van der Waals surface area contributed by atoms with E-state index in [9.17, 15) is 0 Å². The molecule has 1 aromatic carbocycles. The zero-order valence-electron chi connectivity index (χ0n) is 10.6. The highest BCUT2D eigenvalue weighted by molar-refractivity contribution is 9.10. The maximum atomic E-state index is 4.45. The molecule has 2 aromatic rings. The lowest BCUT2D eigenvalue weighted by Gasteiger charge is -2.32. The molecule has 1 saturated heterocycles. The van der Waals surface area contributed by atoms with E-state index < -0.39 is 0 Å². The van der Waals surface area contributed by atoms with E-state index in [4.69, 9.17) is 0 Å². The molecule has 0 N–H and O–H groups in total. The summed E-state index contributed by atoms with van der Waals surface area (Å²) in [4.78, 5) is 6.94. The molecular formula is C15H17BrN2. The first-order chi connectivity index (χ1) is 8.74. The molecule has 94 valence electrons. The number of piperidine rings is 1. The van der Waals surface area contributed by atoms with Gasteiger partial charge < -0.3 is 4.90 Å². The Morgan fingerprint density at radius 3 is 2.78 bits per heavy atom. The van der Waals surface area contributed by atoms with Gasteiger partial charge in [0.15, 0.2) is 0 Å². The quantitative estimate of drug-likeness (QED) is 0.783. The van der Waals surface area contributed by atoms with Gasteiger partial charge in [0.25, 0.3) is 0 Å². The van der Waals surface area contributed by atoms with E-state index in [2.05, 4.69) is 57.0 Å². The Hall–Kier alpha value is -1.09. The Morgan fingerprint density at radius 2 is 2.00 bits per heavy atom. The van der Waals surface area contributed by atoms with E-state index in [1.54, 1.807) is 0 Å². The van der Waals surface area contributed by atoms with E-state index in [-0.39, 0.29) is 0 Å². The molecule has 0 aliphatic carbocycles. The normalized spacial score (nSPS) is 17.3. The van der Waals surface area contributed by atoms with Crippen LogP contribution in [0.5, 0.6) is 0 Å². The minimum absolute atomic E-state index is 0.862. The fourth-order valence-electron chi connectivity index (χ4n) is 2.63. The molecule has 0 spiro atoms. The average Bonchev–Trinajstić information content (AvgIpc) is 2.39. The first kappa shape index (κ1) is 12.0. The lowest BCUT2D eigenvalue weighted by molar-refractivity contribution is 0.439. The zero-order chi connectivity index (χ0) is 12.5. The minimum Gasteiger partial charge on any atom is -0.371 e. The van der Waals surface area contributed by atoms with Crippen LogP contribution < -0.4 is 4.90 Å². The first-order valence-corrected chi connectivity index (χ1v) is 7.32. The highest BCUT2D eigenvalue weighted by atomic mass is 79.9. The number of nitrogens with zero attached hydrogens (tertiary/aromatic N) is 2. The molecule has 1 aliphatic rings. The minimum atomic E-state index is 0.862. The Balaban J connectivity index is 2.03. The number of benzene rings is 1. The third-order valence-corrected chi connectivity index (χ3v) is 4.30. The Kier molecular flexibility index (Phi) is 3.25. The smallest absolute Gasteiger partial charge is 0.0723 e. The highest BCUT2D eigenvalue weighted by Crippen LogP contribution is 2.30. The number of rotatable bonds is 1. The van der Waals surface area contributed by atoms with E-state index in [1.807, 2.05) is 6.20 Å². The second kappa shape index (κ2) is 4.88. The van der Waals surface area contributed by atoms with E-state index in [0.29, 0.717) is 0 Å². The van der Waals surface area contributed by atoms with Crippen LogP contribution in [0.4, 0.5) is 5.69 Å². The van der Waals surface area contributed by atoms with Crippen LogP contribution in [-0.2, 0) is 0 Å². The van der Waals surface area contributed by atoms with Crippen LogP contribution in [0.25, 0.3) is 10.9 Å². The van der Waals surface area contributed by atoms with Gasteiger partial charge in [0, 0.05) is 34.8 Å². The van der Waals surface area contributed by atoms with Crippen LogP contribution >= 0.6 is 15.9 Å². The Morgan fingerprint density at radius 1 is 1.22 bits per heavy atom. The molecule has 2 heterocycles. The van der Waals surface area contributed by atoms with Crippen molar-refractivity contribution in [3.63, 3.8) is 0 Å². The SMILES string of the molecule is CC1CCN(c2ccnc3ccc(Br)cc23)CC1. The van der Waals surface area contributed by atoms with Crippen molar-refractivity contribution >= 4 is 32.5 Å². The molecule has 0 saturated carbocycles. The molecule has 3 heteroatoms. The maximum Gasteiger partial charge on any atom is 0.0723 e. The van der Waals surface area contributed by atoms with Crippen LogP contribution in [0.2, 0.25) is 0 Å². The molecule has 1 aromatic heterocycles. The molecule has 1 aliphatic heterocycles.